The minimum atomic E-state index is 0.0174. The second-order valence-electron chi connectivity index (χ2n) is 8.75. The van der Waals surface area contributed by atoms with E-state index in [0.717, 1.165) is 45.3 Å². The van der Waals surface area contributed by atoms with Gasteiger partial charge in [-0.3, -0.25) is 4.98 Å². The molecule has 0 aliphatic heterocycles. The Bertz CT molecular complexity index is 1600. The van der Waals surface area contributed by atoms with Crippen LogP contribution in [0.4, 0.5) is 0 Å². The predicted octanol–water partition coefficient (Wildman–Crippen LogP) is 5.45. The van der Waals surface area contributed by atoms with Crippen LogP contribution >= 0.6 is 0 Å². The van der Waals surface area contributed by atoms with Gasteiger partial charge >= 0.3 is 0 Å². The van der Waals surface area contributed by atoms with Crippen LogP contribution in [-0.4, -0.2) is 14.5 Å². The van der Waals surface area contributed by atoms with Gasteiger partial charge in [-0.2, -0.15) is 10.5 Å². The number of fused-ring (bicyclic) bond motifs is 1. The molecule has 0 fully saturated rings. The van der Waals surface area contributed by atoms with E-state index >= 15 is 0 Å². The van der Waals surface area contributed by atoms with Gasteiger partial charge in [0, 0.05) is 42.5 Å². The van der Waals surface area contributed by atoms with Crippen LogP contribution in [0.1, 0.15) is 34.0 Å². The largest absolute Gasteiger partial charge is 0.336 e. The third kappa shape index (κ3) is 4.72. The smallest absolute Gasteiger partial charge is 0.0998 e. The van der Waals surface area contributed by atoms with Gasteiger partial charge in [0.25, 0.3) is 0 Å². The molecule has 0 aliphatic carbocycles. The normalized spacial score (nSPS) is 11.6. The molecular formula is C30H24N6. The molecule has 2 heterocycles. The minimum Gasteiger partial charge on any atom is -0.336 e. The minimum absolute atomic E-state index is 0.0174. The second-order valence-corrected chi connectivity index (χ2v) is 8.75. The molecule has 5 aromatic rings. The molecule has 174 valence electrons. The van der Waals surface area contributed by atoms with E-state index in [-0.39, 0.29) is 6.04 Å². The van der Waals surface area contributed by atoms with Crippen LogP contribution in [0.3, 0.4) is 0 Å². The number of nitrogens with zero attached hydrogens (tertiary/aromatic N) is 5. The predicted molar refractivity (Wildman–Crippen MR) is 140 cm³/mol. The van der Waals surface area contributed by atoms with Crippen LogP contribution in [0.25, 0.3) is 22.0 Å². The summed E-state index contributed by atoms with van der Waals surface area (Å²) in [5.41, 5.74) is 7.27. The van der Waals surface area contributed by atoms with Gasteiger partial charge in [0.05, 0.1) is 46.8 Å². The molecule has 1 atom stereocenters. The molecule has 0 radical (unpaired) electrons. The second kappa shape index (κ2) is 10.2. The Labute approximate surface area is 210 Å². The first-order chi connectivity index (χ1) is 17.7. The first-order valence-corrected chi connectivity index (χ1v) is 11.7. The number of aryl methyl sites for hydroxylation is 1. The van der Waals surface area contributed by atoms with Gasteiger partial charge in [-0.05, 0) is 47.9 Å². The number of pyridine rings is 1. The van der Waals surface area contributed by atoms with Crippen molar-refractivity contribution in [2.75, 3.05) is 0 Å². The Kier molecular flexibility index (Phi) is 6.53. The summed E-state index contributed by atoms with van der Waals surface area (Å²) in [5, 5.41) is 23.6. The molecule has 0 aliphatic rings. The lowest BCUT2D eigenvalue weighted by atomic mass is 9.95. The maximum Gasteiger partial charge on any atom is 0.0998 e. The van der Waals surface area contributed by atoms with Crippen LogP contribution in [0, 0.1) is 22.7 Å². The van der Waals surface area contributed by atoms with Crippen LogP contribution in [0.15, 0.2) is 91.5 Å². The highest BCUT2D eigenvalue weighted by atomic mass is 15.1. The fourth-order valence-electron chi connectivity index (χ4n) is 4.52. The molecule has 0 saturated heterocycles. The lowest BCUT2D eigenvalue weighted by molar-refractivity contribution is 0.504. The van der Waals surface area contributed by atoms with Gasteiger partial charge in [-0.15, -0.1) is 0 Å². The summed E-state index contributed by atoms with van der Waals surface area (Å²) in [4.78, 5) is 8.89. The summed E-state index contributed by atoms with van der Waals surface area (Å²) in [6, 6.07) is 28.2. The van der Waals surface area contributed by atoms with Crippen LogP contribution in [-0.2, 0) is 20.0 Å². The average Bonchev–Trinajstić information content (AvgIpc) is 3.36. The number of nitrogens with one attached hydrogen (secondary N) is 1. The molecule has 1 unspecified atom stereocenters. The molecule has 5 rings (SSSR count). The van der Waals surface area contributed by atoms with Gasteiger partial charge in [0.1, 0.15) is 0 Å². The maximum atomic E-state index is 9.80. The zero-order chi connectivity index (χ0) is 24.9. The topological polar surface area (TPSA) is 90.3 Å². The van der Waals surface area contributed by atoms with Crippen molar-refractivity contribution in [3.05, 3.63) is 119 Å². The number of hydrogen-bond donors (Lipinski definition) is 1. The van der Waals surface area contributed by atoms with Crippen molar-refractivity contribution >= 4 is 10.9 Å². The lowest BCUT2D eigenvalue weighted by Gasteiger charge is -2.20. The van der Waals surface area contributed by atoms with Crippen molar-refractivity contribution in [1.29, 1.82) is 10.5 Å². The molecule has 36 heavy (non-hydrogen) atoms. The Hall–Kier alpha value is -4.78. The highest BCUT2D eigenvalue weighted by Gasteiger charge is 2.17. The van der Waals surface area contributed by atoms with Crippen LogP contribution in [0.5, 0.6) is 0 Å². The molecule has 0 amide bonds. The van der Waals surface area contributed by atoms with Crippen LogP contribution < -0.4 is 5.32 Å². The van der Waals surface area contributed by atoms with E-state index in [1.807, 2.05) is 84.5 Å². The first kappa shape index (κ1) is 23.0. The number of imidazole rings is 1. The molecule has 6 nitrogen and oxygen atoms in total. The highest BCUT2D eigenvalue weighted by Crippen LogP contribution is 2.31. The third-order valence-corrected chi connectivity index (χ3v) is 6.41. The number of hydrogen-bond acceptors (Lipinski definition) is 5. The quantitative estimate of drug-likeness (QED) is 0.343. The molecular weight excluding hydrogens is 444 g/mol. The molecule has 6 heteroatoms. The van der Waals surface area contributed by atoms with E-state index in [0.29, 0.717) is 17.7 Å². The molecule has 0 spiro atoms. The lowest BCUT2D eigenvalue weighted by Crippen LogP contribution is -2.25. The molecule has 0 saturated carbocycles. The zero-order valence-electron chi connectivity index (χ0n) is 19.9. The molecule has 3 aromatic carbocycles. The Morgan fingerprint density at radius 2 is 1.72 bits per heavy atom. The van der Waals surface area contributed by atoms with Gasteiger partial charge in [-0.25, -0.2) is 4.98 Å². The summed E-state index contributed by atoms with van der Waals surface area (Å²) in [6.07, 6.45) is 6.22. The van der Waals surface area contributed by atoms with Gasteiger partial charge in [-0.1, -0.05) is 42.5 Å². The number of nitriles is 2. The average molecular weight is 469 g/mol. The van der Waals surface area contributed by atoms with Crippen molar-refractivity contribution < 1.29 is 0 Å². The van der Waals surface area contributed by atoms with Gasteiger partial charge in [0.2, 0.25) is 0 Å². The van der Waals surface area contributed by atoms with E-state index in [2.05, 4.69) is 33.5 Å². The van der Waals surface area contributed by atoms with Crippen molar-refractivity contribution in [1.82, 2.24) is 19.9 Å². The van der Waals surface area contributed by atoms with Crippen molar-refractivity contribution in [2.45, 2.75) is 19.0 Å². The third-order valence-electron chi connectivity index (χ3n) is 6.41. The number of benzene rings is 3. The Morgan fingerprint density at radius 1 is 0.917 bits per heavy atom. The fourth-order valence-corrected chi connectivity index (χ4v) is 4.52. The van der Waals surface area contributed by atoms with Crippen molar-refractivity contribution in [3.63, 3.8) is 0 Å². The van der Waals surface area contributed by atoms with E-state index in [1.54, 1.807) is 12.5 Å². The maximum absolute atomic E-state index is 9.80. The highest BCUT2D eigenvalue weighted by molar-refractivity contribution is 5.94. The SMILES string of the molecule is Cn1cncc1C(Cc1ccc(C#N)cc1)NCc1ccc(C#N)c(-c2cccc3cccnc23)c1. The summed E-state index contributed by atoms with van der Waals surface area (Å²) in [5.74, 6) is 0. The number of rotatable bonds is 7. The standard InChI is InChI=1S/C30H24N6/c1-36-20-33-19-29(36)28(15-21-7-9-22(16-31)10-8-21)35-18-23-11-12-25(17-32)27(14-23)26-6-2-4-24-5-3-13-34-30(24)26/h2-14,19-20,28,35H,15,18H2,1H3. The zero-order valence-corrected chi connectivity index (χ0v) is 19.9. The summed E-state index contributed by atoms with van der Waals surface area (Å²) >= 11 is 0. The van der Waals surface area contributed by atoms with Crippen molar-refractivity contribution in [2.24, 2.45) is 7.05 Å². The summed E-state index contributed by atoms with van der Waals surface area (Å²) in [6.45, 7) is 0.614. The summed E-state index contributed by atoms with van der Waals surface area (Å²) in [7, 11) is 1.99. The van der Waals surface area contributed by atoms with Crippen LogP contribution in [0.2, 0.25) is 0 Å². The monoisotopic (exact) mass is 468 g/mol. The first-order valence-electron chi connectivity index (χ1n) is 11.7. The number of aromatic nitrogens is 3. The number of para-hydroxylation sites is 1. The Balaban J connectivity index is 1.44. The molecule has 1 N–H and O–H groups in total. The van der Waals surface area contributed by atoms with Gasteiger partial charge < -0.3 is 9.88 Å². The molecule has 2 aromatic heterocycles. The molecule has 0 bridgehead atoms. The van der Waals surface area contributed by atoms with Crippen molar-refractivity contribution in [3.8, 4) is 23.3 Å². The summed E-state index contributed by atoms with van der Waals surface area (Å²) < 4.78 is 2.02. The van der Waals surface area contributed by atoms with E-state index < -0.39 is 0 Å². The fraction of sp³-hybridized carbons (Fsp3) is 0.133. The Morgan fingerprint density at radius 3 is 2.47 bits per heavy atom. The van der Waals surface area contributed by atoms with E-state index in [1.165, 1.54) is 0 Å². The van der Waals surface area contributed by atoms with E-state index in [4.69, 9.17) is 5.26 Å². The van der Waals surface area contributed by atoms with E-state index in [9.17, 15) is 5.26 Å². The van der Waals surface area contributed by atoms with Gasteiger partial charge in [0.15, 0.2) is 0 Å².